The Hall–Kier alpha value is -1.45. The lowest BCUT2D eigenvalue weighted by molar-refractivity contribution is 0.0946. The van der Waals surface area contributed by atoms with Crippen LogP contribution in [0.15, 0.2) is 5.38 Å². The summed E-state index contributed by atoms with van der Waals surface area (Å²) in [6.07, 6.45) is 0. The van der Waals surface area contributed by atoms with E-state index in [-0.39, 0.29) is 17.9 Å². The molecule has 16 heavy (non-hydrogen) atoms. The highest BCUT2D eigenvalue weighted by atomic mass is 32.1. The van der Waals surface area contributed by atoms with Crippen LogP contribution < -0.4 is 11.1 Å². The molecular formula is C10H14N4OS. The van der Waals surface area contributed by atoms with E-state index in [0.717, 1.165) is 5.01 Å². The molecule has 1 amide bonds. The SMILES string of the molecule is CC(C#N)CNC(=O)c1csc(C(C)N)n1. The molecule has 1 aromatic heterocycles. The quantitative estimate of drug-likeness (QED) is 0.820. The number of aromatic nitrogens is 1. The van der Waals surface area contributed by atoms with Gasteiger partial charge in [0.1, 0.15) is 10.7 Å². The number of thiazole rings is 1. The van der Waals surface area contributed by atoms with Gasteiger partial charge in [-0.1, -0.05) is 0 Å². The van der Waals surface area contributed by atoms with Crippen molar-refractivity contribution >= 4 is 17.2 Å². The normalized spacial score (nSPS) is 13.9. The lowest BCUT2D eigenvalue weighted by atomic mass is 10.2. The molecule has 0 saturated heterocycles. The van der Waals surface area contributed by atoms with E-state index in [1.165, 1.54) is 11.3 Å². The lowest BCUT2D eigenvalue weighted by Gasteiger charge is -2.03. The van der Waals surface area contributed by atoms with E-state index in [2.05, 4.69) is 10.3 Å². The number of nitrogens with zero attached hydrogens (tertiary/aromatic N) is 2. The number of hydrogen-bond acceptors (Lipinski definition) is 5. The van der Waals surface area contributed by atoms with Crippen LogP contribution in [0, 0.1) is 17.2 Å². The fourth-order valence-corrected chi connectivity index (χ4v) is 1.74. The molecule has 0 saturated carbocycles. The minimum Gasteiger partial charge on any atom is -0.349 e. The molecule has 1 aromatic rings. The van der Waals surface area contributed by atoms with Crippen molar-refractivity contribution in [3.05, 3.63) is 16.1 Å². The topological polar surface area (TPSA) is 91.8 Å². The predicted molar refractivity (Wildman–Crippen MR) is 61.8 cm³/mol. The lowest BCUT2D eigenvalue weighted by Crippen LogP contribution is -2.28. The molecule has 0 aliphatic rings. The Morgan fingerprint density at radius 3 is 2.94 bits per heavy atom. The van der Waals surface area contributed by atoms with Gasteiger partial charge in [0.15, 0.2) is 0 Å². The van der Waals surface area contributed by atoms with Crippen LogP contribution in [0.1, 0.15) is 35.4 Å². The molecule has 3 N–H and O–H groups in total. The van der Waals surface area contributed by atoms with Crippen LogP contribution in [-0.4, -0.2) is 17.4 Å². The van der Waals surface area contributed by atoms with E-state index in [4.69, 9.17) is 11.0 Å². The monoisotopic (exact) mass is 238 g/mol. The molecule has 6 heteroatoms. The van der Waals surface area contributed by atoms with Crippen molar-refractivity contribution in [3.63, 3.8) is 0 Å². The number of carbonyl (C=O) groups is 1. The summed E-state index contributed by atoms with van der Waals surface area (Å²) in [4.78, 5) is 15.7. The second-order valence-electron chi connectivity index (χ2n) is 3.60. The molecule has 86 valence electrons. The van der Waals surface area contributed by atoms with Gasteiger partial charge >= 0.3 is 0 Å². The Morgan fingerprint density at radius 2 is 2.44 bits per heavy atom. The third kappa shape index (κ3) is 3.29. The summed E-state index contributed by atoms with van der Waals surface area (Å²) >= 11 is 1.36. The van der Waals surface area contributed by atoms with E-state index < -0.39 is 0 Å². The molecule has 0 bridgehead atoms. The maximum atomic E-state index is 11.6. The van der Waals surface area contributed by atoms with Crippen LogP contribution in [0.3, 0.4) is 0 Å². The first-order chi connectivity index (χ1) is 7.54. The highest BCUT2D eigenvalue weighted by molar-refractivity contribution is 7.09. The van der Waals surface area contributed by atoms with Crippen LogP contribution in [0.5, 0.6) is 0 Å². The van der Waals surface area contributed by atoms with Crippen molar-refractivity contribution in [2.24, 2.45) is 11.7 Å². The highest BCUT2D eigenvalue weighted by Crippen LogP contribution is 2.15. The van der Waals surface area contributed by atoms with Gasteiger partial charge < -0.3 is 11.1 Å². The molecule has 2 atom stereocenters. The second-order valence-corrected chi connectivity index (χ2v) is 4.49. The molecule has 0 aliphatic carbocycles. The zero-order chi connectivity index (χ0) is 12.1. The van der Waals surface area contributed by atoms with E-state index in [9.17, 15) is 4.79 Å². The smallest absolute Gasteiger partial charge is 0.270 e. The summed E-state index contributed by atoms with van der Waals surface area (Å²) in [5.41, 5.74) is 6.01. The summed E-state index contributed by atoms with van der Waals surface area (Å²) in [5, 5.41) is 13.6. The first kappa shape index (κ1) is 12.6. The van der Waals surface area contributed by atoms with Gasteiger partial charge in [0.25, 0.3) is 5.91 Å². The molecule has 0 fully saturated rings. The van der Waals surface area contributed by atoms with Gasteiger partial charge in [-0.3, -0.25) is 4.79 Å². The average Bonchev–Trinajstić information content (AvgIpc) is 2.74. The van der Waals surface area contributed by atoms with Crippen molar-refractivity contribution in [1.82, 2.24) is 10.3 Å². The molecule has 0 radical (unpaired) electrons. The predicted octanol–water partition coefficient (Wildman–Crippen LogP) is 1.05. The van der Waals surface area contributed by atoms with Crippen LogP contribution in [0.25, 0.3) is 0 Å². The van der Waals surface area contributed by atoms with Gasteiger partial charge in [-0.05, 0) is 13.8 Å². The Balaban J connectivity index is 2.57. The van der Waals surface area contributed by atoms with Crippen molar-refractivity contribution in [1.29, 1.82) is 5.26 Å². The third-order valence-electron chi connectivity index (χ3n) is 1.93. The zero-order valence-electron chi connectivity index (χ0n) is 9.23. The first-order valence-corrected chi connectivity index (χ1v) is 5.81. The fraction of sp³-hybridized carbons (Fsp3) is 0.500. The first-order valence-electron chi connectivity index (χ1n) is 4.93. The number of nitrogens with two attached hydrogens (primary N) is 1. The number of nitriles is 1. The summed E-state index contributed by atoms with van der Waals surface area (Å²) in [5.74, 6) is -0.458. The number of rotatable bonds is 4. The Kier molecular flexibility index (Phi) is 4.40. The number of carbonyl (C=O) groups excluding carboxylic acids is 1. The summed E-state index contributed by atoms with van der Waals surface area (Å²) in [6, 6.07) is 1.88. The molecule has 5 nitrogen and oxygen atoms in total. The van der Waals surface area contributed by atoms with Crippen LogP contribution >= 0.6 is 11.3 Å². The molecule has 0 spiro atoms. The molecule has 1 rings (SSSR count). The second kappa shape index (κ2) is 5.58. The number of nitrogens with one attached hydrogen (secondary N) is 1. The highest BCUT2D eigenvalue weighted by Gasteiger charge is 2.13. The van der Waals surface area contributed by atoms with E-state index in [1.807, 2.05) is 13.0 Å². The van der Waals surface area contributed by atoms with Crippen LogP contribution in [0.4, 0.5) is 0 Å². The van der Waals surface area contributed by atoms with Crippen LogP contribution in [0.2, 0.25) is 0 Å². The Labute approximate surface area is 98.3 Å². The van der Waals surface area contributed by atoms with E-state index >= 15 is 0 Å². The van der Waals surface area contributed by atoms with E-state index in [0.29, 0.717) is 12.2 Å². The molecular weight excluding hydrogens is 224 g/mol. The van der Waals surface area contributed by atoms with Gasteiger partial charge in [-0.2, -0.15) is 5.26 Å². The molecule has 1 heterocycles. The van der Waals surface area contributed by atoms with Crippen molar-refractivity contribution in [2.75, 3.05) is 6.54 Å². The summed E-state index contributed by atoms with van der Waals surface area (Å²) in [7, 11) is 0. The molecule has 0 aliphatic heterocycles. The maximum absolute atomic E-state index is 11.6. The number of hydrogen-bond donors (Lipinski definition) is 2. The van der Waals surface area contributed by atoms with Crippen LogP contribution in [-0.2, 0) is 0 Å². The van der Waals surface area contributed by atoms with Gasteiger partial charge in [-0.25, -0.2) is 4.98 Å². The summed E-state index contributed by atoms with van der Waals surface area (Å²) < 4.78 is 0. The number of amides is 1. The van der Waals surface area contributed by atoms with Gasteiger partial charge in [0, 0.05) is 11.9 Å². The average molecular weight is 238 g/mol. The largest absolute Gasteiger partial charge is 0.349 e. The van der Waals surface area contributed by atoms with Gasteiger partial charge in [0.2, 0.25) is 0 Å². The van der Waals surface area contributed by atoms with E-state index in [1.54, 1.807) is 12.3 Å². The fourth-order valence-electron chi connectivity index (χ4n) is 0.983. The van der Waals surface area contributed by atoms with Crippen molar-refractivity contribution in [2.45, 2.75) is 19.9 Å². The van der Waals surface area contributed by atoms with Crippen molar-refractivity contribution in [3.8, 4) is 6.07 Å². The Bertz CT molecular complexity index is 407. The third-order valence-corrected chi connectivity index (χ3v) is 2.98. The minimum atomic E-state index is -0.259. The maximum Gasteiger partial charge on any atom is 0.270 e. The van der Waals surface area contributed by atoms with Crippen molar-refractivity contribution < 1.29 is 4.79 Å². The minimum absolute atomic E-state index is 0.162. The summed E-state index contributed by atoms with van der Waals surface area (Å²) in [6.45, 7) is 3.90. The molecule has 0 aromatic carbocycles. The zero-order valence-corrected chi connectivity index (χ0v) is 10.0. The Morgan fingerprint density at radius 1 is 1.75 bits per heavy atom. The molecule has 2 unspecified atom stereocenters. The standard InChI is InChI=1S/C10H14N4OS/c1-6(3-11)4-13-9(15)8-5-16-10(14-8)7(2)12/h5-7H,4,12H2,1-2H3,(H,13,15). The van der Waals surface area contributed by atoms with Gasteiger partial charge in [0.05, 0.1) is 18.0 Å². The van der Waals surface area contributed by atoms with Gasteiger partial charge in [-0.15, -0.1) is 11.3 Å².